The zero-order valence-electron chi connectivity index (χ0n) is 14.4. The van der Waals surface area contributed by atoms with Crippen molar-refractivity contribution in [1.29, 1.82) is 0 Å². The standard InChI is InChI=1S/C13H15NO3S.C6H8N2/c15-12(7-9-3-1-2-4-9)14-8-10-5-6-11(18-10)13(16)17;7-5-3-1-2-4-6(5)8/h1,3,5-6,9H,2,4,7-8H2,(H,14,15)(H,16,17);1-4H,7-8H2. The molecule has 1 heterocycles. The van der Waals surface area contributed by atoms with Crippen molar-refractivity contribution in [2.24, 2.45) is 5.92 Å². The topological polar surface area (TPSA) is 118 Å². The third kappa shape index (κ3) is 6.25. The fourth-order valence-electron chi connectivity index (χ4n) is 2.46. The molecule has 7 heteroatoms. The lowest BCUT2D eigenvalue weighted by molar-refractivity contribution is -0.121. The second kappa shape index (κ2) is 9.62. The number of allylic oxidation sites excluding steroid dienone is 2. The zero-order valence-corrected chi connectivity index (χ0v) is 15.2. The molecular formula is C19H23N3O3S. The lowest BCUT2D eigenvalue weighted by Crippen LogP contribution is -2.23. The van der Waals surface area contributed by atoms with Gasteiger partial charge in [-0.2, -0.15) is 0 Å². The Labute approximate surface area is 156 Å². The molecule has 138 valence electrons. The van der Waals surface area contributed by atoms with Crippen molar-refractivity contribution in [1.82, 2.24) is 5.32 Å². The van der Waals surface area contributed by atoms with Gasteiger partial charge in [-0.1, -0.05) is 24.3 Å². The number of nitrogen functional groups attached to an aromatic ring is 2. The Morgan fingerprint density at radius 3 is 2.35 bits per heavy atom. The fourth-order valence-corrected chi connectivity index (χ4v) is 3.25. The van der Waals surface area contributed by atoms with Gasteiger partial charge in [-0.05, 0) is 43.0 Å². The summed E-state index contributed by atoms with van der Waals surface area (Å²) in [6.07, 6.45) is 6.83. The molecule has 26 heavy (non-hydrogen) atoms. The summed E-state index contributed by atoms with van der Waals surface area (Å²) in [6.45, 7) is 0.410. The van der Waals surface area contributed by atoms with Crippen molar-refractivity contribution in [2.75, 3.05) is 11.5 Å². The molecule has 3 rings (SSSR count). The van der Waals surface area contributed by atoms with Gasteiger partial charge in [0.2, 0.25) is 5.91 Å². The molecule has 6 nitrogen and oxygen atoms in total. The van der Waals surface area contributed by atoms with E-state index in [1.807, 2.05) is 12.1 Å². The summed E-state index contributed by atoms with van der Waals surface area (Å²) in [4.78, 5) is 23.5. The molecule has 1 amide bonds. The van der Waals surface area contributed by atoms with E-state index in [1.165, 1.54) is 11.3 Å². The normalized spacial score (nSPS) is 15.2. The first kappa shape index (κ1) is 19.5. The monoisotopic (exact) mass is 373 g/mol. The van der Waals surface area contributed by atoms with Gasteiger partial charge in [0.05, 0.1) is 17.9 Å². The summed E-state index contributed by atoms with van der Waals surface area (Å²) in [5.41, 5.74) is 12.1. The molecule has 0 bridgehead atoms. The van der Waals surface area contributed by atoms with E-state index < -0.39 is 5.97 Å². The molecule has 1 aromatic carbocycles. The van der Waals surface area contributed by atoms with Crippen molar-refractivity contribution in [2.45, 2.75) is 25.8 Å². The molecule has 0 fully saturated rings. The van der Waals surface area contributed by atoms with Crippen LogP contribution in [0.2, 0.25) is 0 Å². The van der Waals surface area contributed by atoms with E-state index >= 15 is 0 Å². The highest BCUT2D eigenvalue weighted by atomic mass is 32.1. The maximum Gasteiger partial charge on any atom is 0.345 e. The predicted octanol–water partition coefficient (Wildman–Crippen LogP) is 3.27. The number of benzene rings is 1. The van der Waals surface area contributed by atoms with E-state index in [0.717, 1.165) is 17.7 Å². The Morgan fingerprint density at radius 2 is 1.85 bits per heavy atom. The minimum atomic E-state index is -0.923. The van der Waals surface area contributed by atoms with Gasteiger partial charge < -0.3 is 21.9 Å². The Morgan fingerprint density at radius 1 is 1.15 bits per heavy atom. The number of aromatic carboxylic acids is 1. The number of hydrogen-bond donors (Lipinski definition) is 4. The summed E-state index contributed by atoms with van der Waals surface area (Å²) in [5, 5.41) is 11.6. The first-order valence-corrected chi connectivity index (χ1v) is 9.12. The van der Waals surface area contributed by atoms with Gasteiger partial charge in [0.25, 0.3) is 0 Å². The first-order valence-electron chi connectivity index (χ1n) is 8.31. The fraction of sp³-hybridized carbons (Fsp3) is 0.263. The second-order valence-corrected chi connectivity index (χ2v) is 7.11. The SMILES string of the molecule is Nc1ccccc1N.O=C(CC1C=CCC1)NCc1ccc(C(=O)O)s1. The molecule has 0 radical (unpaired) electrons. The van der Waals surface area contributed by atoms with Crippen LogP contribution < -0.4 is 16.8 Å². The van der Waals surface area contributed by atoms with Gasteiger partial charge in [-0.25, -0.2) is 4.79 Å². The number of rotatable bonds is 5. The van der Waals surface area contributed by atoms with E-state index in [0.29, 0.717) is 35.1 Å². The van der Waals surface area contributed by atoms with Crippen molar-refractivity contribution in [3.05, 3.63) is 58.3 Å². The van der Waals surface area contributed by atoms with Crippen molar-refractivity contribution >= 4 is 34.6 Å². The van der Waals surface area contributed by atoms with Crippen LogP contribution in [0.4, 0.5) is 11.4 Å². The molecule has 0 saturated heterocycles. The Balaban J connectivity index is 0.000000254. The van der Waals surface area contributed by atoms with E-state index in [9.17, 15) is 9.59 Å². The number of para-hydroxylation sites is 2. The third-order valence-electron chi connectivity index (χ3n) is 3.89. The van der Waals surface area contributed by atoms with Crippen LogP contribution in [0.1, 0.15) is 33.8 Å². The van der Waals surface area contributed by atoms with Crippen LogP contribution in [-0.4, -0.2) is 17.0 Å². The smallest absolute Gasteiger partial charge is 0.345 e. The Kier molecular flexibility index (Phi) is 7.23. The molecule has 1 aromatic heterocycles. The van der Waals surface area contributed by atoms with Gasteiger partial charge in [0.1, 0.15) is 4.88 Å². The Hall–Kier alpha value is -2.80. The lowest BCUT2D eigenvalue weighted by atomic mass is 10.1. The molecule has 1 atom stereocenters. The minimum Gasteiger partial charge on any atom is -0.477 e. The number of thiophene rings is 1. The van der Waals surface area contributed by atoms with E-state index in [2.05, 4.69) is 17.5 Å². The number of anilines is 2. The summed E-state index contributed by atoms with van der Waals surface area (Å²) in [5.74, 6) is -0.534. The number of hydrogen-bond acceptors (Lipinski definition) is 5. The van der Waals surface area contributed by atoms with Crippen LogP contribution in [0.25, 0.3) is 0 Å². The van der Waals surface area contributed by atoms with Gasteiger partial charge in [-0.3, -0.25) is 4.79 Å². The van der Waals surface area contributed by atoms with Gasteiger partial charge in [-0.15, -0.1) is 11.3 Å². The van der Waals surface area contributed by atoms with Gasteiger partial charge in [0.15, 0.2) is 0 Å². The van der Waals surface area contributed by atoms with E-state index in [4.69, 9.17) is 16.6 Å². The largest absolute Gasteiger partial charge is 0.477 e. The van der Waals surface area contributed by atoms with E-state index in [1.54, 1.807) is 24.3 Å². The summed E-state index contributed by atoms with van der Waals surface area (Å²) >= 11 is 1.20. The molecule has 0 spiro atoms. The maximum absolute atomic E-state index is 11.7. The van der Waals surface area contributed by atoms with Gasteiger partial charge in [0, 0.05) is 11.3 Å². The molecule has 0 aliphatic heterocycles. The zero-order chi connectivity index (χ0) is 18.9. The van der Waals surface area contributed by atoms with Crippen LogP contribution in [0.3, 0.4) is 0 Å². The quantitative estimate of drug-likeness (QED) is 0.474. The molecule has 6 N–H and O–H groups in total. The number of carboxylic acid groups (broad SMARTS) is 1. The summed E-state index contributed by atoms with van der Waals surface area (Å²) in [7, 11) is 0. The molecule has 1 aliphatic carbocycles. The van der Waals surface area contributed by atoms with E-state index in [-0.39, 0.29) is 5.91 Å². The second-order valence-electron chi connectivity index (χ2n) is 5.95. The van der Waals surface area contributed by atoms with Crippen LogP contribution in [0, 0.1) is 5.92 Å². The number of amides is 1. The van der Waals surface area contributed by atoms with Crippen molar-refractivity contribution in [3.8, 4) is 0 Å². The molecule has 1 aliphatic rings. The van der Waals surface area contributed by atoms with Crippen molar-refractivity contribution in [3.63, 3.8) is 0 Å². The molecule has 0 saturated carbocycles. The molecule has 1 unspecified atom stereocenters. The number of carbonyl (C=O) groups excluding carboxylic acids is 1. The number of nitrogens with one attached hydrogen (secondary N) is 1. The predicted molar refractivity (Wildman–Crippen MR) is 105 cm³/mol. The third-order valence-corrected chi connectivity index (χ3v) is 4.96. The summed E-state index contributed by atoms with van der Waals surface area (Å²) in [6, 6.07) is 10.6. The summed E-state index contributed by atoms with van der Waals surface area (Å²) < 4.78 is 0. The Bertz CT molecular complexity index is 765. The molecule has 2 aromatic rings. The number of nitrogens with two attached hydrogens (primary N) is 2. The average molecular weight is 373 g/mol. The lowest BCUT2D eigenvalue weighted by Gasteiger charge is -2.07. The van der Waals surface area contributed by atoms with Crippen molar-refractivity contribution < 1.29 is 14.7 Å². The highest BCUT2D eigenvalue weighted by Crippen LogP contribution is 2.20. The number of carboxylic acids is 1. The van der Waals surface area contributed by atoms with Crippen LogP contribution in [0.5, 0.6) is 0 Å². The van der Waals surface area contributed by atoms with Gasteiger partial charge >= 0.3 is 5.97 Å². The first-order chi connectivity index (χ1) is 12.5. The highest BCUT2D eigenvalue weighted by Gasteiger charge is 2.14. The van der Waals surface area contributed by atoms with Crippen LogP contribution >= 0.6 is 11.3 Å². The molecular weight excluding hydrogens is 350 g/mol. The minimum absolute atomic E-state index is 0.0248. The number of carbonyl (C=O) groups is 2. The maximum atomic E-state index is 11.7. The highest BCUT2D eigenvalue weighted by molar-refractivity contribution is 7.13. The van der Waals surface area contributed by atoms with Crippen LogP contribution in [0.15, 0.2) is 48.6 Å². The van der Waals surface area contributed by atoms with Crippen LogP contribution in [-0.2, 0) is 11.3 Å². The average Bonchev–Trinajstić information content (AvgIpc) is 3.28.